The molecule has 0 unspecified atom stereocenters. The van der Waals surface area contributed by atoms with Crippen molar-refractivity contribution in [1.29, 1.82) is 0 Å². The molecule has 2 rings (SSSR count). The highest BCUT2D eigenvalue weighted by atomic mass is 16.3. The number of nitrogens with zero attached hydrogens (tertiary/aromatic N) is 1. The zero-order valence-electron chi connectivity index (χ0n) is 11.5. The van der Waals surface area contributed by atoms with E-state index in [-0.39, 0.29) is 5.91 Å². The Morgan fingerprint density at radius 2 is 1.95 bits per heavy atom. The third kappa shape index (κ3) is 3.94. The fourth-order valence-corrected chi connectivity index (χ4v) is 2.12. The first-order valence-electron chi connectivity index (χ1n) is 6.46. The van der Waals surface area contributed by atoms with Gasteiger partial charge in [-0.25, -0.2) is 5.84 Å². The van der Waals surface area contributed by atoms with Crippen molar-refractivity contribution in [1.82, 2.24) is 10.3 Å². The van der Waals surface area contributed by atoms with E-state index in [0.29, 0.717) is 6.42 Å². The molecule has 0 fully saturated rings. The molecule has 1 amide bonds. The van der Waals surface area contributed by atoms with Gasteiger partial charge in [-0.1, -0.05) is 24.3 Å². The normalized spacial score (nSPS) is 10.8. The Balaban J connectivity index is 2.02. The van der Waals surface area contributed by atoms with Crippen LogP contribution < -0.4 is 11.3 Å². The maximum absolute atomic E-state index is 11.4. The third-order valence-corrected chi connectivity index (χ3v) is 3.08. The van der Waals surface area contributed by atoms with E-state index in [1.807, 2.05) is 43.4 Å². The second-order valence-electron chi connectivity index (χ2n) is 4.76. The maximum atomic E-state index is 11.4. The molecule has 5 heteroatoms. The summed E-state index contributed by atoms with van der Waals surface area (Å²) in [7, 11) is 2.02. The lowest BCUT2D eigenvalue weighted by Gasteiger charge is -2.17. The van der Waals surface area contributed by atoms with Crippen LogP contribution in [0.1, 0.15) is 16.9 Å². The van der Waals surface area contributed by atoms with Crippen LogP contribution in [0.15, 0.2) is 47.1 Å². The number of rotatable bonds is 6. The Kier molecular flexibility index (Phi) is 4.92. The molecule has 3 N–H and O–H groups in total. The van der Waals surface area contributed by atoms with Gasteiger partial charge in [0, 0.05) is 6.54 Å². The Morgan fingerprint density at radius 1 is 1.20 bits per heavy atom. The molecule has 2 aromatic rings. The molecule has 5 nitrogen and oxygen atoms in total. The molecule has 1 heterocycles. The van der Waals surface area contributed by atoms with Gasteiger partial charge in [-0.3, -0.25) is 15.1 Å². The monoisotopic (exact) mass is 273 g/mol. The van der Waals surface area contributed by atoms with Gasteiger partial charge in [0.25, 0.3) is 0 Å². The van der Waals surface area contributed by atoms with E-state index in [1.54, 1.807) is 6.26 Å². The summed E-state index contributed by atoms with van der Waals surface area (Å²) in [5, 5.41) is 0. The van der Waals surface area contributed by atoms with Gasteiger partial charge in [0.05, 0.1) is 19.2 Å². The van der Waals surface area contributed by atoms with E-state index < -0.39 is 0 Å². The molecule has 0 saturated heterocycles. The zero-order valence-corrected chi connectivity index (χ0v) is 11.5. The van der Waals surface area contributed by atoms with E-state index in [4.69, 9.17) is 10.3 Å². The highest BCUT2D eigenvalue weighted by molar-refractivity contribution is 5.78. The van der Waals surface area contributed by atoms with Crippen LogP contribution in [0.25, 0.3) is 0 Å². The number of hydrogen-bond acceptors (Lipinski definition) is 4. The number of hydrogen-bond donors (Lipinski definition) is 2. The summed E-state index contributed by atoms with van der Waals surface area (Å²) in [4.78, 5) is 13.5. The topological polar surface area (TPSA) is 71.5 Å². The highest BCUT2D eigenvalue weighted by Gasteiger charge is 2.09. The number of carbonyl (C=O) groups is 1. The van der Waals surface area contributed by atoms with E-state index in [9.17, 15) is 4.79 Å². The minimum absolute atomic E-state index is 0.189. The van der Waals surface area contributed by atoms with Crippen LogP contribution in [-0.2, 0) is 24.3 Å². The van der Waals surface area contributed by atoms with Crippen LogP contribution >= 0.6 is 0 Å². The summed E-state index contributed by atoms with van der Waals surface area (Å²) < 4.78 is 5.33. The number of amides is 1. The van der Waals surface area contributed by atoms with Gasteiger partial charge in [-0.2, -0.15) is 0 Å². The molecular weight excluding hydrogens is 254 g/mol. The predicted octanol–water partition coefficient (Wildman–Crippen LogP) is 1.44. The van der Waals surface area contributed by atoms with Crippen molar-refractivity contribution < 1.29 is 9.21 Å². The molecule has 0 bridgehead atoms. The number of hydrazine groups is 1. The van der Waals surface area contributed by atoms with Crippen LogP contribution in [0.5, 0.6) is 0 Å². The SMILES string of the molecule is CN(Cc1ccco1)Cc1ccccc1CC(=O)NN. The minimum Gasteiger partial charge on any atom is -0.468 e. The molecule has 0 atom stereocenters. The zero-order chi connectivity index (χ0) is 14.4. The van der Waals surface area contributed by atoms with Crippen LogP contribution in [0.2, 0.25) is 0 Å². The average molecular weight is 273 g/mol. The van der Waals surface area contributed by atoms with Crippen molar-refractivity contribution in [3.63, 3.8) is 0 Å². The maximum Gasteiger partial charge on any atom is 0.238 e. The summed E-state index contributed by atoms with van der Waals surface area (Å²) in [6, 6.07) is 11.7. The largest absolute Gasteiger partial charge is 0.468 e. The number of carbonyl (C=O) groups excluding carboxylic acids is 1. The van der Waals surface area contributed by atoms with Crippen molar-refractivity contribution in [3.05, 3.63) is 59.5 Å². The minimum atomic E-state index is -0.189. The summed E-state index contributed by atoms with van der Waals surface area (Å²) in [6.07, 6.45) is 1.96. The van der Waals surface area contributed by atoms with Gasteiger partial charge < -0.3 is 4.42 Å². The predicted molar refractivity (Wildman–Crippen MR) is 76.4 cm³/mol. The van der Waals surface area contributed by atoms with Crippen molar-refractivity contribution in [2.75, 3.05) is 7.05 Å². The molecule has 0 saturated carbocycles. The average Bonchev–Trinajstić information content (AvgIpc) is 2.93. The first-order valence-corrected chi connectivity index (χ1v) is 6.46. The molecule has 0 radical (unpaired) electrons. The smallest absolute Gasteiger partial charge is 0.238 e. The first kappa shape index (κ1) is 14.3. The lowest BCUT2D eigenvalue weighted by atomic mass is 10.0. The third-order valence-electron chi connectivity index (χ3n) is 3.08. The van der Waals surface area contributed by atoms with Crippen LogP contribution in [0.4, 0.5) is 0 Å². The molecule has 0 aliphatic carbocycles. The van der Waals surface area contributed by atoms with Crippen LogP contribution in [-0.4, -0.2) is 17.9 Å². The molecule has 106 valence electrons. The van der Waals surface area contributed by atoms with E-state index in [2.05, 4.69) is 10.3 Å². The van der Waals surface area contributed by atoms with E-state index >= 15 is 0 Å². The molecule has 1 aromatic heterocycles. The summed E-state index contributed by atoms with van der Waals surface area (Å²) >= 11 is 0. The van der Waals surface area contributed by atoms with Crippen molar-refractivity contribution in [3.8, 4) is 0 Å². The Hall–Kier alpha value is -2.11. The molecule has 1 aromatic carbocycles. The molecular formula is C15H19N3O2. The van der Waals surface area contributed by atoms with Crippen molar-refractivity contribution in [2.24, 2.45) is 5.84 Å². The highest BCUT2D eigenvalue weighted by Crippen LogP contribution is 2.14. The van der Waals surface area contributed by atoms with Gasteiger partial charge >= 0.3 is 0 Å². The van der Waals surface area contributed by atoms with Crippen molar-refractivity contribution >= 4 is 5.91 Å². The lowest BCUT2D eigenvalue weighted by Crippen LogP contribution is -2.31. The number of benzene rings is 1. The van der Waals surface area contributed by atoms with Crippen LogP contribution in [0, 0.1) is 0 Å². The fraction of sp³-hybridized carbons (Fsp3) is 0.267. The molecule has 20 heavy (non-hydrogen) atoms. The first-order chi connectivity index (χ1) is 9.69. The van der Waals surface area contributed by atoms with Gasteiger partial charge in [-0.05, 0) is 30.3 Å². The molecule has 0 spiro atoms. The lowest BCUT2D eigenvalue weighted by molar-refractivity contribution is -0.120. The van der Waals surface area contributed by atoms with Gasteiger partial charge in [0.2, 0.25) is 5.91 Å². The second-order valence-corrected chi connectivity index (χ2v) is 4.76. The Labute approximate surface area is 118 Å². The molecule has 0 aliphatic heterocycles. The van der Waals surface area contributed by atoms with E-state index in [0.717, 1.165) is 30.0 Å². The fourth-order valence-electron chi connectivity index (χ4n) is 2.12. The number of furan rings is 1. The summed E-state index contributed by atoms with van der Waals surface area (Å²) in [6.45, 7) is 1.47. The summed E-state index contributed by atoms with van der Waals surface area (Å²) in [5.41, 5.74) is 4.27. The quantitative estimate of drug-likeness (QED) is 0.474. The van der Waals surface area contributed by atoms with Crippen molar-refractivity contribution in [2.45, 2.75) is 19.5 Å². The number of nitrogens with two attached hydrogens (primary N) is 1. The van der Waals surface area contributed by atoms with Gasteiger partial charge in [0.15, 0.2) is 0 Å². The van der Waals surface area contributed by atoms with E-state index in [1.165, 1.54) is 0 Å². The van der Waals surface area contributed by atoms with Gasteiger partial charge in [0.1, 0.15) is 5.76 Å². The second kappa shape index (κ2) is 6.88. The summed E-state index contributed by atoms with van der Waals surface area (Å²) in [5.74, 6) is 5.87. The molecule has 0 aliphatic rings. The van der Waals surface area contributed by atoms with Gasteiger partial charge in [-0.15, -0.1) is 0 Å². The standard InChI is InChI=1S/C15H19N3O2/c1-18(11-14-7-4-8-20-14)10-13-6-3-2-5-12(13)9-15(19)17-16/h2-8H,9-11,16H2,1H3,(H,17,19). The Morgan fingerprint density at radius 3 is 2.60 bits per heavy atom. The number of nitrogens with one attached hydrogen (secondary N) is 1. The van der Waals surface area contributed by atoms with Crippen LogP contribution in [0.3, 0.4) is 0 Å². The Bertz CT molecular complexity index is 552.